The third kappa shape index (κ3) is 5.62. The van der Waals surface area contributed by atoms with Gasteiger partial charge in [0, 0.05) is 5.02 Å². The van der Waals surface area contributed by atoms with Gasteiger partial charge in [-0.3, -0.25) is 9.69 Å². The van der Waals surface area contributed by atoms with Crippen LogP contribution in [-0.2, 0) is 16.2 Å². The zero-order chi connectivity index (χ0) is 23.3. The lowest BCUT2D eigenvalue weighted by Gasteiger charge is -2.21. The Balaban J connectivity index is 1.81. The molecule has 1 heterocycles. The Labute approximate surface area is 201 Å². The molecule has 1 aliphatic heterocycles. The monoisotopic (exact) mass is 491 g/mol. The van der Waals surface area contributed by atoms with Crippen molar-refractivity contribution in [1.82, 2.24) is 4.90 Å². The molecule has 6 nitrogen and oxygen atoms in total. The topological polar surface area (TPSA) is 76.1 Å². The van der Waals surface area contributed by atoms with Crippen molar-refractivity contribution >= 4 is 57.9 Å². The minimum Gasteiger partial charge on any atom is -0.490 e. The third-order valence-electron chi connectivity index (χ3n) is 4.68. The van der Waals surface area contributed by atoms with E-state index in [0.717, 1.165) is 22.9 Å². The normalized spacial score (nSPS) is 15.8. The molecule has 1 unspecified atom stereocenters. The highest BCUT2D eigenvalue weighted by molar-refractivity contribution is 8.26. The summed E-state index contributed by atoms with van der Waals surface area (Å²) in [6, 6.07) is 11.8. The number of hydrogen-bond donors (Lipinski definition) is 1. The highest BCUT2D eigenvalue weighted by Gasteiger charge is 2.39. The molecular formula is C23H22ClNO5S2. The van der Waals surface area contributed by atoms with Crippen molar-refractivity contribution in [3.8, 4) is 11.5 Å². The van der Waals surface area contributed by atoms with E-state index in [-0.39, 0.29) is 10.7 Å². The SMILES string of the molecule is CCOc1cc(/C=C2/SC(=S)N(C(CC)C(=O)O)C2=O)ccc1OCc1ccc(Cl)cc1. The number of halogens is 1. The first-order chi connectivity index (χ1) is 15.3. The third-order valence-corrected chi connectivity index (χ3v) is 6.26. The lowest BCUT2D eigenvalue weighted by molar-refractivity contribution is -0.145. The number of ether oxygens (including phenoxy) is 2. The Morgan fingerprint density at radius 2 is 1.91 bits per heavy atom. The zero-order valence-electron chi connectivity index (χ0n) is 17.5. The molecule has 0 saturated carbocycles. The number of thioether (sulfide) groups is 1. The Morgan fingerprint density at radius 3 is 2.53 bits per heavy atom. The number of aliphatic carboxylic acids is 1. The molecule has 1 amide bonds. The average Bonchev–Trinajstić information content (AvgIpc) is 3.03. The number of rotatable bonds is 9. The van der Waals surface area contributed by atoms with Gasteiger partial charge < -0.3 is 14.6 Å². The summed E-state index contributed by atoms with van der Waals surface area (Å²) in [6.45, 7) is 4.37. The van der Waals surface area contributed by atoms with Gasteiger partial charge in [0.05, 0.1) is 11.5 Å². The van der Waals surface area contributed by atoms with Crippen LogP contribution in [0.1, 0.15) is 31.4 Å². The Kier molecular flexibility index (Phi) is 8.17. The highest BCUT2D eigenvalue weighted by atomic mass is 35.5. The largest absolute Gasteiger partial charge is 0.490 e. The van der Waals surface area contributed by atoms with Gasteiger partial charge in [-0.05, 0) is 54.8 Å². The Hall–Kier alpha value is -2.55. The van der Waals surface area contributed by atoms with Gasteiger partial charge in [-0.2, -0.15) is 0 Å². The first-order valence-electron chi connectivity index (χ1n) is 9.98. The van der Waals surface area contributed by atoms with E-state index in [1.807, 2.05) is 19.1 Å². The first kappa shape index (κ1) is 24.1. The van der Waals surface area contributed by atoms with Gasteiger partial charge in [0.2, 0.25) is 0 Å². The maximum absolute atomic E-state index is 12.8. The number of hydrogen-bond acceptors (Lipinski definition) is 6. The van der Waals surface area contributed by atoms with Crippen LogP contribution in [0.15, 0.2) is 47.4 Å². The van der Waals surface area contributed by atoms with E-state index in [1.54, 1.807) is 43.3 Å². The number of benzene rings is 2. The lowest BCUT2D eigenvalue weighted by Crippen LogP contribution is -2.43. The van der Waals surface area contributed by atoms with Gasteiger partial charge >= 0.3 is 5.97 Å². The standard InChI is InChI=1S/C23H22ClNO5S2/c1-3-17(22(27)28)25-21(26)20(32-23(25)31)12-15-7-10-18(19(11-15)29-4-2)30-13-14-5-8-16(24)9-6-14/h5-12,17H,3-4,13H2,1-2H3,(H,27,28)/b20-12+. The summed E-state index contributed by atoms with van der Waals surface area (Å²) in [5.41, 5.74) is 1.68. The number of carboxylic acids is 1. The van der Waals surface area contributed by atoms with Crippen molar-refractivity contribution in [2.45, 2.75) is 32.9 Å². The molecule has 1 N–H and O–H groups in total. The van der Waals surface area contributed by atoms with Crippen LogP contribution in [0.25, 0.3) is 6.08 Å². The molecule has 32 heavy (non-hydrogen) atoms. The second kappa shape index (κ2) is 10.8. The number of carbonyl (C=O) groups is 2. The molecule has 1 aliphatic rings. The summed E-state index contributed by atoms with van der Waals surface area (Å²) >= 11 is 12.3. The summed E-state index contributed by atoms with van der Waals surface area (Å²) in [6.07, 6.45) is 1.95. The smallest absolute Gasteiger partial charge is 0.326 e. The van der Waals surface area contributed by atoms with E-state index in [9.17, 15) is 14.7 Å². The average molecular weight is 492 g/mol. The number of carbonyl (C=O) groups excluding carboxylic acids is 1. The summed E-state index contributed by atoms with van der Waals surface area (Å²) < 4.78 is 11.9. The van der Waals surface area contributed by atoms with E-state index in [2.05, 4.69) is 0 Å². The van der Waals surface area contributed by atoms with Gasteiger partial charge in [-0.25, -0.2) is 4.79 Å². The van der Waals surface area contributed by atoms with Crippen molar-refractivity contribution in [3.63, 3.8) is 0 Å². The molecule has 0 bridgehead atoms. The van der Waals surface area contributed by atoms with Crippen LogP contribution in [0.3, 0.4) is 0 Å². The first-order valence-corrected chi connectivity index (χ1v) is 11.6. The van der Waals surface area contributed by atoms with E-state index in [4.69, 9.17) is 33.3 Å². The van der Waals surface area contributed by atoms with Gasteiger partial charge in [-0.1, -0.05) is 60.7 Å². The summed E-state index contributed by atoms with van der Waals surface area (Å²) in [5.74, 6) is -0.368. The van der Waals surface area contributed by atoms with Crippen LogP contribution in [0, 0.1) is 0 Å². The van der Waals surface area contributed by atoms with E-state index in [0.29, 0.717) is 34.6 Å². The molecule has 3 rings (SSSR count). The fraction of sp³-hybridized carbons (Fsp3) is 0.261. The van der Waals surface area contributed by atoms with Gasteiger partial charge in [0.25, 0.3) is 5.91 Å². The molecule has 9 heteroatoms. The number of thiocarbonyl (C=S) groups is 1. The van der Waals surface area contributed by atoms with Crippen LogP contribution in [0.2, 0.25) is 5.02 Å². The summed E-state index contributed by atoms with van der Waals surface area (Å²) in [7, 11) is 0. The quantitative estimate of drug-likeness (QED) is 0.372. The fourth-order valence-electron chi connectivity index (χ4n) is 3.11. The predicted molar refractivity (Wildman–Crippen MR) is 130 cm³/mol. The van der Waals surface area contributed by atoms with E-state index < -0.39 is 17.9 Å². The second-order valence-electron chi connectivity index (χ2n) is 6.87. The highest BCUT2D eigenvalue weighted by Crippen LogP contribution is 2.36. The van der Waals surface area contributed by atoms with Crippen LogP contribution < -0.4 is 9.47 Å². The van der Waals surface area contributed by atoms with Crippen LogP contribution in [-0.4, -0.2) is 38.9 Å². The van der Waals surface area contributed by atoms with Crippen molar-refractivity contribution in [1.29, 1.82) is 0 Å². The van der Waals surface area contributed by atoms with Crippen molar-refractivity contribution in [2.24, 2.45) is 0 Å². The minimum atomic E-state index is -1.08. The molecule has 2 aromatic carbocycles. The molecular weight excluding hydrogens is 470 g/mol. The molecule has 1 saturated heterocycles. The maximum Gasteiger partial charge on any atom is 0.326 e. The maximum atomic E-state index is 12.8. The van der Waals surface area contributed by atoms with Gasteiger partial charge in [0.1, 0.15) is 17.0 Å². The molecule has 0 radical (unpaired) electrons. The van der Waals surface area contributed by atoms with Gasteiger partial charge in [0.15, 0.2) is 11.5 Å². The molecule has 2 aromatic rings. The van der Waals surface area contributed by atoms with Crippen molar-refractivity contribution < 1.29 is 24.2 Å². The van der Waals surface area contributed by atoms with Crippen molar-refractivity contribution in [3.05, 3.63) is 63.5 Å². The number of carboxylic acid groups (broad SMARTS) is 1. The molecule has 1 fully saturated rings. The molecule has 1 atom stereocenters. The van der Waals surface area contributed by atoms with Crippen LogP contribution >= 0.6 is 35.6 Å². The van der Waals surface area contributed by atoms with Crippen molar-refractivity contribution in [2.75, 3.05) is 6.61 Å². The van der Waals surface area contributed by atoms with Crippen LogP contribution in [0.4, 0.5) is 0 Å². The predicted octanol–water partition coefficient (Wildman–Crippen LogP) is 5.38. The lowest BCUT2D eigenvalue weighted by atomic mass is 10.1. The minimum absolute atomic E-state index is 0.239. The van der Waals surface area contributed by atoms with Gasteiger partial charge in [-0.15, -0.1) is 0 Å². The van der Waals surface area contributed by atoms with E-state index >= 15 is 0 Å². The Morgan fingerprint density at radius 1 is 1.19 bits per heavy atom. The molecule has 0 spiro atoms. The molecule has 168 valence electrons. The second-order valence-corrected chi connectivity index (χ2v) is 8.98. The summed E-state index contributed by atoms with van der Waals surface area (Å²) in [4.78, 5) is 25.8. The van der Waals surface area contributed by atoms with Crippen LogP contribution in [0.5, 0.6) is 11.5 Å². The summed E-state index contributed by atoms with van der Waals surface area (Å²) in [5, 5.41) is 10.1. The zero-order valence-corrected chi connectivity index (χ0v) is 19.9. The Bertz CT molecular complexity index is 1050. The molecule has 0 aromatic heterocycles. The number of nitrogens with zero attached hydrogens (tertiary/aromatic N) is 1. The molecule has 0 aliphatic carbocycles. The number of amides is 1. The fourth-order valence-corrected chi connectivity index (χ4v) is 4.59. The van der Waals surface area contributed by atoms with E-state index in [1.165, 1.54) is 4.90 Å².